The Kier molecular flexibility index (Phi) is 9.30. The van der Waals surface area contributed by atoms with E-state index in [9.17, 15) is 0 Å². The van der Waals surface area contributed by atoms with E-state index in [1.54, 1.807) is 5.57 Å². The number of hydrogen-bond acceptors (Lipinski definition) is 2. The Hall–Kier alpha value is -6.58. The highest BCUT2D eigenvalue weighted by atomic mass is 15.1. The van der Waals surface area contributed by atoms with Gasteiger partial charge in [-0.3, -0.25) is 0 Å². The number of para-hydroxylation sites is 2. The SMILES string of the molecule is CN(C1=CC=C(c2ccc3c(c2)c2c(n3-c3ccc4c(c3)C(C)(C)C3=C4C=CCC3)CCC(c3ccc(N(C4=CCCC=C4)c4ccccc4)cc3)=C2)CC1)c1ccccc1. The van der Waals surface area contributed by atoms with E-state index in [2.05, 4.69) is 205 Å². The van der Waals surface area contributed by atoms with Crippen molar-refractivity contribution >= 4 is 50.8 Å². The van der Waals surface area contributed by atoms with Crippen molar-refractivity contribution in [2.75, 3.05) is 16.8 Å². The van der Waals surface area contributed by atoms with Crippen molar-refractivity contribution in [2.24, 2.45) is 0 Å². The maximum atomic E-state index is 2.60. The highest BCUT2D eigenvalue weighted by molar-refractivity contribution is 6.00. The van der Waals surface area contributed by atoms with Crippen LogP contribution in [0.25, 0.3) is 39.4 Å². The van der Waals surface area contributed by atoms with Gasteiger partial charge in [-0.15, -0.1) is 0 Å². The molecule has 0 fully saturated rings. The molecule has 5 aliphatic carbocycles. The average molecular weight is 792 g/mol. The Morgan fingerprint density at radius 1 is 0.607 bits per heavy atom. The van der Waals surface area contributed by atoms with Crippen LogP contribution in [-0.4, -0.2) is 11.6 Å². The molecule has 5 aliphatic rings. The molecule has 0 spiro atoms. The van der Waals surface area contributed by atoms with Gasteiger partial charge >= 0.3 is 0 Å². The summed E-state index contributed by atoms with van der Waals surface area (Å²) in [5, 5.41) is 1.34. The highest BCUT2D eigenvalue weighted by Gasteiger charge is 2.38. The van der Waals surface area contributed by atoms with Crippen LogP contribution >= 0.6 is 0 Å². The van der Waals surface area contributed by atoms with Gasteiger partial charge in [-0.2, -0.15) is 0 Å². The minimum atomic E-state index is 0.0230. The van der Waals surface area contributed by atoms with E-state index in [0.717, 1.165) is 51.4 Å². The summed E-state index contributed by atoms with van der Waals surface area (Å²) in [6, 6.07) is 45.3. The van der Waals surface area contributed by atoms with Crippen LogP contribution in [0.3, 0.4) is 0 Å². The van der Waals surface area contributed by atoms with Gasteiger partial charge in [0.2, 0.25) is 0 Å². The van der Waals surface area contributed by atoms with Crippen LogP contribution in [0.1, 0.15) is 92.3 Å². The van der Waals surface area contributed by atoms with Crippen LogP contribution in [0, 0.1) is 0 Å². The zero-order chi connectivity index (χ0) is 41.1. The molecule has 0 saturated heterocycles. The molecule has 3 nitrogen and oxygen atoms in total. The van der Waals surface area contributed by atoms with Gasteiger partial charge in [-0.05, 0) is 169 Å². The summed E-state index contributed by atoms with van der Waals surface area (Å²) >= 11 is 0. The first-order chi connectivity index (χ1) is 29.9. The summed E-state index contributed by atoms with van der Waals surface area (Å²) < 4.78 is 2.60. The summed E-state index contributed by atoms with van der Waals surface area (Å²) in [4.78, 5) is 4.72. The molecule has 0 atom stereocenters. The van der Waals surface area contributed by atoms with E-state index in [4.69, 9.17) is 0 Å². The average Bonchev–Trinajstić information content (AvgIpc) is 3.77. The molecule has 0 unspecified atom stereocenters. The lowest BCUT2D eigenvalue weighted by Crippen LogP contribution is -2.18. The smallest absolute Gasteiger partial charge is 0.0538 e. The van der Waals surface area contributed by atoms with Crippen molar-refractivity contribution in [3.8, 4) is 5.69 Å². The fourth-order valence-electron chi connectivity index (χ4n) is 10.7. The zero-order valence-electron chi connectivity index (χ0n) is 35.7. The van der Waals surface area contributed by atoms with Crippen molar-refractivity contribution in [3.63, 3.8) is 0 Å². The first-order valence-electron chi connectivity index (χ1n) is 22.4. The van der Waals surface area contributed by atoms with Crippen molar-refractivity contribution in [3.05, 3.63) is 214 Å². The largest absolute Gasteiger partial charge is 0.348 e. The topological polar surface area (TPSA) is 11.4 Å². The van der Waals surface area contributed by atoms with E-state index < -0.39 is 0 Å². The van der Waals surface area contributed by atoms with Crippen molar-refractivity contribution in [1.82, 2.24) is 4.57 Å². The third kappa shape index (κ3) is 6.50. The molecule has 61 heavy (non-hydrogen) atoms. The molecule has 1 heterocycles. The van der Waals surface area contributed by atoms with Crippen LogP contribution in [-0.2, 0) is 11.8 Å². The van der Waals surface area contributed by atoms with Gasteiger partial charge in [0.15, 0.2) is 0 Å². The molecule has 0 aliphatic heterocycles. The van der Waals surface area contributed by atoms with Gasteiger partial charge in [0.1, 0.15) is 0 Å². The lowest BCUT2D eigenvalue weighted by Gasteiger charge is -2.28. The van der Waals surface area contributed by atoms with E-state index in [1.807, 2.05) is 0 Å². The second-order valence-corrected chi connectivity index (χ2v) is 17.9. The van der Waals surface area contributed by atoms with Crippen molar-refractivity contribution in [2.45, 2.75) is 70.6 Å². The lowest BCUT2D eigenvalue weighted by atomic mass is 9.78. The minimum absolute atomic E-state index is 0.0230. The summed E-state index contributed by atoms with van der Waals surface area (Å²) in [6.07, 6.45) is 27.3. The Morgan fingerprint density at radius 3 is 2.10 bits per heavy atom. The number of fused-ring (bicyclic) bond motifs is 5. The number of allylic oxidation sites excluding steroid dienone is 12. The number of hydrogen-bond donors (Lipinski definition) is 0. The normalized spacial score (nSPS) is 17.6. The number of nitrogens with zero attached hydrogens (tertiary/aromatic N) is 3. The van der Waals surface area contributed by atoms with E-state index >= 15 is 0 Å². The lowest BCUT2D eigenvalue weighted by molar-refractivity contribution is 0.607. The van der Waals surface area contributed by atoms with Crippen LogP contribution < -0.4 is 9.80 Å². The van der Waals surface area contributed by atoms with Crippen LogP contribution in [0.5, 0.6) is 0 Å². The van der Waals surface area contributed by atoms with E-state index in [1.165, 1.54) is 95.3 Å². The maximum Gasteiger partial charge on any atom is 0.0538 e. The van der Waals surface area contributed by atoms with Crippen LogP contribution in [0.2, 0.25) is 0 Å². The summed E-state index contributed by atoms with van der Waals surface area (Å²) in [5.41, 5.74) is 22.9. The second-order valence-electron chi connectivity index (χ2n) is 17.9. The molecule has 5 aromatic carbocycles. The molecule has 0 amide bonds. The van der Waals surface area contributed by atoms with Crippen LogP contribution in [0.4, 0.5) is 17.1 Å². The summed E-state index contributed by atoms with van der Waals surface area (Å²) in [6.45, 7) is 4.87. The standard InChI is InChI=1S/C58H53N3/c1-58(2)54-22-14-13-21-50(54)51-34-33-49(39-55(51)58)61-56-35-27-42(40-23-29-45(30-24-40)59(3)44-15-7-4-8-16-44)37-52(56)53-38-43(28-36-57(53)61)41-25-31-48(32-26-41)60(46-17-9-5-10-18-46)47-19-11-6-12-20-47/h4-5,7-11,13,15-21,23,25-27,29,31-35,37-39H,6,12,14,22,24,28,30,36H2,1-3H3. The third-order valence-electron chi connectivity index (χ3n) is 14.0. The molecule has 11 rings (SSSR count). The molecular formula is C58H53N3. The molecule has 0 bridgehead atoms. The van der Waals surface area contributed by atoms with Gasteiger partial charge in [0.05, 0.1) is 5.52 Å². The Labute approximate surface area is 361 Å². The third-order valence-corrected chi connectivity index (χ3v) is 14.0. The number of rotatable bonds is 8. The number of benzene rings is 5. The summed E-state index contributed by atoms with van der Waals surface area (Å²) in [7, 11) is 2.19. The Morgan fingerprint density at radius 2 is 1.34 bits per heavy atom. The van der Waals surface area contributed by atoms with Gasteiger partial charge in [0.25, 0.3) is 0 Å². The molecule has 3 heteroatoms. The van der Waals surface area contributed by atoms with Crippen LogP contribution in [0.15, 0.2) is 181 Å². The predicted octanol–water partition coefficient (Wildman–Crippen LogP) is 15.1. The number of anilines is 3. The molecule has 0 saturated carbocycles. The monoisotopic (exact) mass is 791 g/mol. The van der Waals surface area contributed by atoms with Gasteiger partial charge < -0.3 is 14.4 Å². The van der Waals surface area contributed by atoms with Crippen molar-refractivity contribution in [1.29, 1.82) is 0 Å². The molecule has 0 radical (unpaired) electrons. The molecule has 6 aromatic rings. The minimum Gasteiger partial charge on any atom is -0.348 e. The predicted molar refractivity (Wildman–Crippen MR) is 259 cm³/mol. The molecule has 300 valence electrons. The Bertz CT molecular complexity index is 2920. The zero-order valence-corrected chi connectivity index (χ0v) is 35.7. The number of aromatic nitrogens is 1. The second kappa shape index (κ2) is 15.2. The van der Waals surface area contributed by atoms with Gasteiger partial charge in [-0.1, -0.05) is 110 Å². The first kappa shape index (κ1) is 37.4. The van der Waals surface area contributed by atoms with Crippen molar-refractivity contribution < 1.29 is 0 Å². The first-order valence-corrected chi connectivity index (χ1v) is 22.4. The molecular weight excluding hydrogens is 739 g/mol. The maximum absolute atomic E-state index is 2.60. The summed E-state index contributed by atoms with van der Waals surface area (Å²) in [5.74, 6) is 0. The molecule has 0 N–H and O–H groups in total. The van der Waals surface area contributed by atoms with E-state index in [0.29, 0.717) is 0 Å². The molecule has 1 aromatic heterocycles. The van der Waals surface area contributed by atoms with E-state index in [-0.39, 0.29) is 5.41 Å². The van der Waals surface area contributed by atoms with Gasteiger partial charge in [-0.25, -0.2) is 0 Å². The fraction of sp³-hybridized carbons (Fsp3) is 0.207. The fourth-order valence-corrected chi connectivity index (χ4v) is 10.7. The van der Waals surface area contributed by atoms with Gasteiger partial charge in [0, 0.05) is 63.2 Å². The Balaban J connectivity index is 1.00. The highest BCUT2D eigenvalue weighted by Crippen LogP contribution is 2.51. The quantitative estimate of drug-likeness (QED) is 0.152.